The fraction of sp³-hybridized carbons (Fsp3) is 0.333. The van der Waals surface area contributed by atoms with Gasteiger partial charge in [-0.3, -0.25) is 0 Å². The molecule has 0 fully saturated rings. The lowest BCUT2D eigenvalue weighted by atomic mass is 10.4. The van der Waals surface area contributed by atoms with E-state index in [9.17, 15) is 0 Å². The Morgan fingerprint density at radius 3 is 3.00 bits per heavy atom. The van der Waals surface area contributed by atoms with Crippen molar-refractivity contribution in [3.63, 3.8) is 0 Å². The third-order valence-electron chi connectivity index (χ3n) is 0.901. The molecule has 0 N–H and O–H groups in total. The van der Waals surface area contributed by atoms with Gasteiger partial charge in [-0.15, -0.1) is 0 Å². The fourth-order valence-corrected chi connectivity index (χ4v) is 1.03. The van der Waals surface area contributed by atoms with Crippen LogP contribution in [0.1, 0.15) is 13.3 Å². The van der Waals surface area contributed by atoms with Crippen molar-refractivity contribution in [1.29, 1.82) is 0 Å². The molecule has 0 saturated heterocycles. The SMILES string of the molecule is CCC1=CSC=CO1. The number of hydrogen-bond acceptors (Lipinski definition) is 2. The van der Waals surface area contributed by atoms with Gasteiger partial charge in [-0.25, -0.2) is 0 Å². The quantitative estimate of drug-likeness (QED) is 0.536. The van der Waals surface area contributed by atoms with Crippen LogP contribution < -0.4 is 0 Å². The minimum atomic E-state index is 0.983. The highest BCUT2D eigenvalue weighted by Gasteiger charge is 1.93. The molecule has 0 aromatic heterocycles. The van der Waals surface area contributed by atoms with Crippen molar-refractivity contribution in [3.8, 4) is 0 Å². The summed E-state index contributed by atoms with van der Waals surface area (Å²) in [5.74, 6) is 1.05. The predicted molar refractivity (Wildman–Crippen MR) is 36.2 cm³/mol. The summed E-state index contributed by atoms with van der Waals surface area (Å²) in [6.45, 7) is 2.07. The Bertz CT molecular complexity index is 126. The van der Waals surface area contributed by atoms with Gasteiger partial charge < -0.3 is 4.74 Å². The van der Waals surface area contributed by atoms with Crippen LogP contribution in [-0.4, -0.2) is 0 Å². The first-order valence-electron chi connectivity index (χ1n) is 2.59. The molecule has 0 spiro atoms. The molecule has 0 unspecified atom stereocenters. The summed E-state index contributed by atoms with van der Waals surface area (Å²) >= 11 is 1.66. The summed E-state index contributed by atoms with van der Waals surface area (Å²) in [5.41, 5.74) is 0. The highest BCUT2D eigenvalue weighted by atomic mass is 32.2. The van der Waals surface area contributed by atoms with Gasteiger partial charge in [0.25, 0.3) is 0 Å². The molecule has 0 aromatic rings. The zero-order valence-corrected chi connectivity index (χ0v) is 5.57. The summed E-state index contributed by atoms with van der Waals surface area (Å²) < 4.78 is 5.09. The van der Waals surface area contributed by atoms with Crippen molar-refractivity contribution in [2.45, 2.75) is 13.3 Å². The molecule has 0 aliphatic carbocycles. The maximum Gasteiger partial charge on any atom is 0.110 e. The summed E-state index contributed by atoms with van der Waals surface area (Å²) in [7, 11) is 0. The minimum Gasteiger partial charge on any atom is -0.468 e. The molecule has 0 aromatic carbocycles. The molecule has 0 bridgehead atoms. The molecule has 1 rings (SSSR count). The van der Waals surface area contributed by atoms with Crippen molar-refractivity contribution in [2.75, 3.05) is 0 Å². The summed E-state index contributed by atoms with van der Waals surface area (Å²) in [4.78, 5) is 0. The molecule has 0 saturated carbocycles. The molecular formula is C6H8OS. The van der Waals surface area contributed by atoms with Crippen LogP contribution >= 0.6 is 11.8 Å². The van der Waals surface area contributed by atoms with Crippen LogP contribution in [0, 0.1) is 0 Å². The molecule has 1 aliphatic heterocycles. The number of hydrogen-bond donors (Lipinski definition) is 0. The molecule has 1 heterocycles. The van der Waals surface area contributed by atoms with Gasteiger partial charge in [0.1, 0.15) is 5.76 Å². The maximum atomic E-state index is 5.09. The van der Waals surface area contributed by atoms with Crippen LogP contribution in [0.4, 0.5) is 0 Å². The van der Waals surface area contributed by atoms with E-state index in [1.165, 1.54) is 0 Å². The lowest BCUT2D eigenvalue weighted by Crippen LogP contribution is -1.83. The topological polar surface area (TPSA) is 9.23 Å². The molecule has 0 amide bonds. The van der Waals surface area contributed by atoms with Crippen molar-refractivity contribution < 1.29 is 4.74 Å². The Hall–Kier alpha value is -0.370. The van der Waals surface area contributed by atoms with E-state index in [1.54, 1.807) is 18.0 Å². The molecule has 0 radical (unpaired) electrons. The first-order valence-corrected chi connectivity index (χ1v) is 3.54. The van der Waals surface area contributed by atoms with Crippen molar-refractivity contribution in [3.05, 3.63) is 22.8 Å². The average molecular weight is 128 g/mol. The maximum absolute atomic E-state index is 5.09. The lowest BCUT2D eigenvalue weighted by molar-refractivity contribution is 0.339. The second kappa shape index (κ2) is 2.82. The smallest absolute Gasteiger partial charge is 0.110 e. The molecule has 1 nitrogen and oxygen atoms in total. The Morgan fingerprint density at radius 2 is 2.62 bits per heavy atom. The first kappa shape index (κ1) is 5.76. The highest BCUT2D eigenvalue weighted by Crippen LogP contribution is 2.17. The van der Waals surface area contributed by atoms with Crippen LogP contribution in [0.25, 0.3) is 0 Å². The predicted octanol–water partition coefficient (Wildman–Crippen LogP) is 2.47. The van der Waals surface area contributed by atoms with E-state index in [4.69, 9.17) is 4.74 Å². The zero-order valence-electron chi connectivity index (χ0n) is 4.76. The average Bonchev–Trinajstić information content (AvgIpc) is 1.90. The minimum absolute atomic E-state index is 0.983. The van der Waals surface area contributed by atoms with Crippen LogP contribution in [0.2, 0.25) is 0 Å². The number of allylic oxidation sites excluding steroid dienone is 1. The van der Waals surface area contributed by atoms with E-state index in [0.717, 1.165) is 12.2 Å². The lowest BCUT2D eigenvalue weighted by Gasteiger charge is -2.04. The zero-order chi connectivity index (χ0) is 5.82. The molecular weight excluding hydrogens is 120 g/mol. The van der Waals surface area contributed by atoms with Gasteiger partial charge in [0.05, 0.1) is 6.26 Å². The molecule has 8 heavy (non-hydrogen) atoms. The number of ether oxygens (including phenoxy) is 1. The molecule has 1 aliphatic rings. The molecule has 0 atom stereocenters. The van der Waals surface area contributed by atoms with Crippen LogP contribution in [0.5, 0.6) is 0 Å². The van der Waals surface area contributed by atoms with E-state index in [1.807, 2.05) is 10.8 Å². The Morgan fingerprint density at radius 1 is 1.75 bits per heavy atom. The second-order valence-electron chi connectivity index (χ2n) is 1.46. The van der Waals surface area contributed by atoms with Crippen LogP contribution in [0.3, 0.4) is 0 Å². The Balaban J connectivity index is 2.43. The molecule has 2 heteroatoms. The summed E-state index contributed by atoms with van der Waals surface area (Å²) in [6.07, 6.45) is 2.70. The second-order valence-corrected chi connectivity index (χ2v) is 2.24. The standard InChI is InChI=1S/C6H8OS/c1-2-6-5-8-4-3-7-6/h3-5H,2H2,1H3. The van der Waals surface area contributed by atoms with E-state index in [0.29, 0.717) is 0 Å². The van der Waals surface area contributed by atoms with E-state index >= 15 is 0 Å². The van der Waals surface area contributed by atoms with E-state index in [2.05, 4.69) is 6.92 Å². The van der Waals surface area contributed by atoms with Gasteiger partial charge in [-0.1, -0.05) is 18.7 Å². The van der Waals surface area contributed by atoms with Gasteiger partial charge >= 0.3 is 0 Å². The van der Waals surface area contributed by atoms with Gasteiger partial charge in [0, 0.05) is 17.2 Å². The third kappa shape index (κ3) is 1.30. The summed E-state index contributed by atoms with van der Waals surface area (Å²) in [6, 6.07) is 0. The molecule has 44 valence electrons. The van der Waals surface area contributed by atoms with Gasteiger partial charge in [0.2, 0.25) is 0 Å². The number of thioether (sulfide) groups is 1. The highest BCUT2D eigenvalue weighted by molar-refractivity contribution is 8.04. The third-order valence-corrected chi connectivity index (χ3v) is 1.57. The first-order chi connectivity index (χ1) is 3.93. The van der Waals surface area contributed by atoms with Gasteiger partial charge in [-0.2, -0.15) is 0 Å². The summed E-state index contributed by atoms with van der Waals surface area (Å²) in [5, 5.41) is 3.93. The van der Waals surface area contributed by atoms with Crippen molar-refractivity contribution >= 4 is 11.8 Å². The Kier molecular flexibility index (Phi) is 2.03. The Labute approximate surface area is 53.4 Å². The van der Waals surface area contributed by atoms with E-state index in [-0.39, 0.29) is 0 Å². The van der Waals surface area contributed by atoms with Crippen LogP contribution in [-0.2, 0) is 4.74 Å². The van der Waals surface area contributed by atoms with Crippen molar-refractivity contribution in [1.82, 2.24) is 0 Å². The normalized spacial score (nSPS) is 17.4. The van der Waals surface area contributed by atoms with Gasteiger partial charge in [0.15, 0.2) is 0 Å². The number of rotatable bonds is 1. The fourth-order valence-electron chi connectivity index (χ4n) is 0.457. The van der Waals surface area contributed by atoms with E-state index < -0.39 is 0 Å². The largest absolute Gasteiger partial charge is 0.468 e. The van der Waals surface area contributed by atoms with Crippen LogP contribution in [0.15, 0.2) is 22.8 Å². The van der Waals surface area contributed by atoms with Gasteiger partial charge in [-0.05, 0) is 0 Å². The monoisotopic (exact) mass is 128 g/mol. The van der Waals surface area contributed by atoms with Crippen molar-refractivity contribution in [2.24, 2.45) is 0 Å².